The van der Waals surface area contributed by atoms with E-state index < -0.39 is 0 Å². The lowest BCUT2D eigenvalue weighted by atomic mass is 10.2. The van der Waals surface area contributed by atoms with Gasteiger partial charge in [-0.3, -0.25) is 4.79 Å². The number of halogens is 2. The molecule has 0 unspecified atom stereocenters. The molecule has 0 aliphatic rings. The van der Waals surface area contributed by atoms with Gasteiger partial charge in [-0.1, -0.05) is 29.3 Å². The van der Waals surface area contributed by atoms with E-state index in [-0.39, 0.29) is 5.91 Å². The Morgan fingerprint density at radius 3 is 2.27 bits per heavy atom. The number of carbonyl (C=O) groups excluding carboxylic acids is 1. The summed E-state index contributed by atoms with van der Waals surface area (Å²) in [5.41, 5.74) is 4.75. The zero-order valence-electron chi connectivity index (χ0n) is 16.3. The van der Waals surface area contributed by atoms with E-state index in [1.165, 1.54) is 0 Å². The summed E-state index contributed by atoms with van der Waals surface area (Å²) in [6, 6.07) is 19.6. The summed E-state index contributed by atoms with van der Waals surface area (Å²) in [7, 11) is 0. The van der Waals surface area contributed by atoms with Crippen molar-refractivity contribution in [3.8, 4) is 11.5 Å². The molecule has 7 heteroatoms. The van der Waals surface area contributed by atoms with E-state index in [4.69, 9.17) is 32.7 Å². The Labute approximate surface area is 185 Å². The van der Waals surface area contributed by atoms with Crippen molar-refractivity contribution in [3.63, 3.8) is 0 Å². The van der Waals surface area contributed by atoms with Gasteiger partial charge in [0.25, 0.3) is 5.91 Å². The highest BCUT2D eigenvalue weighted by Gasteiger charge is 2.04. The lowest BCUT2D eigenvalue weighted by molar-refractivity contribution is 0.0955. The minimum Gasteiger partial charge on any atom is -0.494 e. The average Bonchev–Trinajstić information content (AvgIpc) is 2.76. The molecule has 0 radical (unpaired) electrons. The van der Waals surface area contributed by atoms with Crippen LogP contribution in [0.3, 0.4) is 0 Å². The molecule has 3 aromatic carbocycles. The molecule has 30 heavy (non-hydrogen) atoms. The standard InChI is InChI=1S/C23H20Cl2N2O3/c1-2-29-19-10-6-18(7-11-19)23(28)27-26-14-16-3-8-20(9-4-16)30-15-17-5-12-21(24)22(25)13-17/h3-14H,2,15H2,1H3,(H,27,28)/b26-14-. The van der Waals surface area contributed by atoms with E-state index in [1.54, 1.807) is 42.6 Å². The van der Waals surface area contributed by atoms with E-state index in [0.717, 1.165) is 16.9 Å². The van der Waals surface area contributed by atoms with Crippen LogP contribution < -0.4 is 14.9 Å². The topological polar surface area (TPSA) is 59.9 Å². The first kappa shape index (κ1) is 21.7. The Kier molecular flexibility index (Phi) is 7.71. The van der Waals surface area contributed by atoms with Crippen LogP contribution in [0.2, 0.25) is 10.0 Å². The zero-order chi connectivity index (χ0) is 21.3. The van der Waals surface area contributed by atoms with Crippen LogP contribution in [0.5, 0.6) is 11.5 Å². The Balaban J connectivity index is 1.50. The molecule has 0 aliphatic carbocycles. The van der Waals surface area contributed by atoms with Crippen molar-refractivity contribution in [2.45, 2.75) is 13.5 Å². The number of hydrogen-bond acceptors (Lipinski definition) is 4. The fraction of sp³-hybridized carbons (Fsp3) is 0.130. The summed E-state index contributed by atoms with van der Waals surface area (Å²) in [5.74, 6) is 1.13. The number of rotatable bonds is 8. The van der Waals surface area contributed by atoms with Crippen molar-refractivity contribution in [1.29, 1.82) is 0 Å². The Hall–Kier alpha value is -3.02. The Morgan fingerprint density at radius 2 is 1.60 bits per heavy atom. The second-order valence-electron chi connectivity index (χ2n) is 6.26. The van der Waals surface area contributed by atoms with Gasteiger partial charge in [0.2, 0.25) is 0 Å². The fourth-order valence-electron chi connectivity index (χ4n) is 2.55. The van der Waals surface area contributed by atoms with E-state index in [2.05, 4.69) is 10.5 Å². The average molecular weight is 443 g/mol. The van der Waals surface area contributed by atoms with E-state index in [1.807, 2.05) is 37.3 Å². The molecular formula is C23H20Cl2N2O3. The second kappa shape index (κ2) is 10.7. The highest BCUT2D eigenvalue weighted by molar-refractivity contribution is 6.42. The Morgan fingerprint density at radius 1 is 0.933 bits per heavy atom. The van der Waals surface area contributed by atoms with Crippen LogP contribution in [0.15, 0.2) is 71.8 Å². The number of nitrogens with zero attached hydrogens (tertiary/aromatic N) is 1. The van der Waals surface area contributed by atoms with Gasteiger partial charge in [-0.25, -0.2) is 5.43 Å². The first-order valence-corrected chi connectivity index (χ1v) is 10.0. The Bertz CT molecular complexity index is 1020. The third kappa shape index (κ3) is 6.24. The third-order valence-electron chi connectivity index (χ3n) is 4.08. The molecule has 0 aliphatic heterocycles. The lowest BCUT2D eigenvalue weighted by Crippen LogP contribution is -2.17. The highest BCUT2D eigenvalue weighted by atomic mass is 35.5. The molecule has 1 amide bonds. The summed E-state index contributed by atoms with van der Waals surface area (Å²) in [5, 5.41) is 5.00. The van der Waals surface area contributed by atoms with Gasteiger partial charge in [0.15, 0.2) is 0 Å². The number of nitrogens with one attached hydrogen (secondary N) is 1. The van der Waals surface area contributed by atoms with Crippen LogP contribution in [0.1, 0.15) is 28.4 Å². The molecule has 1 N–H and O–H groups in total. The largest absolute Gasteiger partial charge is 0.494 e. The van der Waals surface area contributed by atoms with Gasteiger partial charge in [0.1, 0.15) is 18.1 Å². The van der Waals surface area contributed by atoms with E-state index >= 15 is 0 Å². The predicted octanol–water partition coefficient (Wildman–Crippen LogP) is 5.74. The van der Waals surface area contributed by atoms with Crippen LogP contribution in [0.4, 0.5) is 0 Å². The first-order chi connectivity index (χ1) is 14.5. The second-order valence-corrected chi connectivity index (χ2v) is 7.08. The van der Waals surface area contributed by atoms with Gasteiger partial charge < -0.3 is 9.47 Å². The molecule has 0 saturated carbocycles. The number of amides is 1. The fourth-order valence-corrected chi connectivity index (χ4v) is 2.87. The SMILES string of the molecule is CCOc1ccc(C(=O)N/N=C\c2ccc(OCc3ccc(Cl)c(Cl)c3)cc2)cc1. The van der Waals surface area contributed by atoms with Crippen molar-refractivity contribution < 1.29 is 14.3 Å². The molecule has 3 aromatic rings. The van der Waals surface area contributed by atoms with Crippen molar-refractivity contribution in [1.82, 2.24) is 5.43 Å². The van der Waals surface area contributed by atoms with Gasteiger partial charge in [0, 0.05) is 5.56 Å². The molecule has 0 spiro atoms. The van der Waals surface area contributed by atoms with Crippen LogP contribution in [0.25, 0.3) is 0 Å². The monoisotopic (exact) mass is 442 g/mol. The van der Waals surface area contributed by atoms with Gasteiger partial charge in [-0.05, 0) is 78.7 Å². The molecule has 0 heterocycles. The van der Waals surface area contributed by atoms with Gasteiger partial charge in [-0.15, -0.1) is 0 Å². The molecule has 3 rings (SSSR count). The summed E-state index contributed by atoms with van der Waals surface area (Å²) in [6.45, 7) is 2.86. The van der Waals surface area contributed by atoms with Crippen LogP contribution in [-0.4, -0.2) is 18.7 Å². The maximum Gasteiger partial charge on any atom is 0.271 e. The van der Waals surface area contributed by atoms with Crippen LogP contribution >= 0.6 is 23.2 Å². The van der Waals surface area contributed by atoms with Crippen molar-refractivity contribution >= 4 is 35.3 Å². The lowest BCUT2D eigenvalue weighted by Gasteiger charge is -2.07. The minimum atomic E-state index is -0.295. The maximum absolute atomic E-state index is 12.1. The van der Waals surface area contributed by atoms with Gasteiger partial charge >= 0.3 is 0 Å². The summed E-state index contributed by atoms with van der Waals surface area (Å²) < 4.78 is 11.1. The quantitative estimate of drug-likeness (QED) is 0.357. The number of carbonyl (C=O) groups is 1. The summed E-state index contributed by atoms with van der Waals surface area (Å²) in [4.78, 5) is 12.1. The van der Waals surface area contributed by atoms with Crippen LogP contribution in [-0.2, 0) is 6.61 Å². The molecule has 0 saturated heterocycles. The summed E-state index contributed by atoms with van der Waals surface area (Å²) in [6.07, 6.45) is 1.56. The first-order valence-electron chi connectivity index (χ1n) is 9.28. The molecule has 5 nitrogen and oxygen atoms in total. The molecule has 0 aromatic heterocycles. The third-order valence-corrected chi connectivity index (χ3v) is 4.82. The minimum absolute atomic E-state index is 0.295. The molecular weight excluding hydrogens is 423 g/mol. The number of hydrogen-bond donors (Lipinski definition) is 1. The van der Waals surface area contributed by atoms with E-state index in [9.17, 15) is 4.79 Å². The number of hydrazone groups is 1. The normalized spacial score (nSPS) is 10.8. The molecule has 0 fully saturated rings. The van der Waals surface area contributed by atoms with Gasteiger partial charge in [-0.2, -0.15) is 5.10 Å². The highest BCUT2D eigenvalue weighted by Crippen LogP contribution is 2.23. The van der Waals surface area contributed by atoms with Crippen molar-refractivity contribution in [2.75, 3.05) is 6.61 Å². The number of ether oxygens (including phenoxy) is 2. The predicted molar refractivity (Wildman–Crippen MR) is 120 cm³/mol. The maximum atomic E-state index is 12.1. The van der Waals surface area contributed by atoms with Crippen LogP contribution in [0, 0.1) is 0 Å². The van der Waals surface area contributed by atoms with Gasteiger partial charge in [0.05, 0.1) is 22.9 Å². The summed E-state index contributed by atoms with van der Waals surface area (Å²) >= 11 is 11.9. The van der Waals surface area contributed by atoms with Crippen molar-refractivity contribution in [2.24, 2.45) is 5.10 Å². The smallest absolute Gasteiger partial charge is 0.271 e. The molecule has 0 bridgehead atoms. The van der Waals surface area contributed by atoms with Crippen molar-refractivity contribution in [3.05, 3.63) is 93.5 Å². The molecule has 154 valence electrons. The zero-order valence-corrected chi connectivity index (χ0v) is 17.8. The molecule has 0 atom stereocenters. The number of benzene rings is 3. The van der Waals surface area contributed by atoms with E-state index in [0.29, 0.717) is 34.6 Å².